The quantitative estimate of drug-likeness (QED) is 0.624. The Kier molecular flexibility index (Phi) is 5.86. The average Bonchev–Trinajstić information content (AvgIpc) is 2.66. The van der Waals surface area contributed by atoms with Crippen molar-refractivity contribution in [3.8, 4) is 5.75 Å². The van der Waals surface area contributed by atoms with Gasteiger partial charge in [0, 0.05) is 12.6 Å². The van der Waals surface area contributed by atoms with Gasteiger partial charge in [0.25, 0.3) is 0 Å². The summed E-state index contributed by atoms with van der Waals surface area (Å²) in [6.45, 7) is 5.72. The zero-order valence-electron chi connectivity index (χ0n) is 14.9. The molecule has 3 aromatic rings. The highest BCUT2D eigenvalue weighted by molar-refractivity contribution is 5.29. The average molecular weight is 331 g/mol. The van der Waals surface area contributed by atoms with E-state index >= 15 is 0 Å². The summed E-state index contributed by atoms with van der Waals surface area (Å²) >= 11 is 0. The van der Waals surface area contributed by atoms with Crippen LogP contribution in [-0.2, 0) is 13.2 Å². The molecule has 0 aliphatic rings. The maximum atomic E-state index is 5.91. The molecule has 0 radical (unpaired) electrons. The molecule has 0 saturated carbocycles. The zero-order chi connectivity index (χ0) is 17.5. The molecule has 0 aliphatic heterocycles. The smallest absolute Gasteiger partial charge is 0.120 e. The first-order chi connectivity index (χ1) is 12.2. The lowest BCUT2D eigenvalue weighted by atomic mass is 10.1. The fourth-order valence-electron chi connectivity index (χ4n) is 2.73. The van der Waals surface area contributed by atoms with E-state index in [0.717, 1.165) is 12.3 Å². The summed E-state index contributed by atoms with van der Waals surface area (Å²) in [4.78, 5) is 0. The van der Waals surface area contributed by atoms with E-state index in [0.29, 0.717) is 12.6 Å². The van der Waals surface area contributed by atoms with E-state index in [4.69, 9.17) is 4.74 Å². The predicted octanol–water partition coefficient (Wildman–Crippen LogP) is 5.42. The summed E-state index contributed by atoms with van der Waals surface area (Å²) in [5.74, 6) is 0.908. The Bertz CT molecular complexity index is 781. The molecule has 0 aliphatic carbocycles. The molecule has 3 rings (SSSR count). The molecule has 1 N–H and O–H groups in total. The molecule has 3 aromatic carbocycles. The SMILES string of the molecule is Cc1ccc(C(C)NCc2cccc(OCc3ccccc3)c2)cc1. The molecule has 1 atom stereocenters. The Hall–Kier alpha value is -2.58. The second-order valence-electron chi connectivity index (χ2n) is 6.43. The molecule has 0 saturated heterocycles. The van der Waals surface area contributed by atoms with E-state index in [9.17, 15) is 0 Å². The third-order valence-corrected chi connectivity index (χ3v) is 4.34. The van der Waals surface area contributed by atoms with Crippen LogP contribution in [0, 0.1) is 6.92 Å². The van der Waals surface area contributed by atoms with Gasteiger partial charge in [-0.3, -0.25) is 0 Å². The van der Waals surface area contributed by atoms with Crippen LogP contribution in [0.15, 0.2) is 78.9 Å². The molecule has 128 valence electrons. The van der Waals surface area contributed by atoms with Gasteiger partial charge < -0.3 is 10.1 Å². The van der Waals surface area contributed by atoms with E-state index in [-0.39, 0.29) is 0 Å². The minimum absolute atomic E-state index is 0.314. The second kappa shape index (κ2) is 8.50. The molecule has 2 heteroatoms. The van der Waals surface area contributed by atoms with Gasteiger partial charge in [0.1, 0.15) is 12.4 Å². The first-order valence-corrected chi connectivity index (χ1v) is 8.76. The van der Waals surface area contributed by atoms with Crippen molar-refractivity contribution in [3.05, 3.63) is 101 Å². The van der Waals surface area contributed by atoms with E-state index in [1.54, 1.807) is 0 Å². The van der Waals surface area contributed by atoms with E-state index in [1.807, 2.05) is 30.3 Å². The number of benzene rings is 3. The number of hydrogen-bond acceptors (Lipinski definition) is 2. The lowest BCUT2D eigenvalue weighted by Crippen LogP contribution is -2.18. The second-order valence-corrected chi connectivity index (χ2v) is 6.43. The lowest BCUT2D eigenvalue weighted by Gasteiger charge is -2.15. The van der Waals surface area contributed by atoms with Gasteiger partial charge in [-0.1, -0.05) is 72.3 Å². The Labute approximate surface area is 150 Å². The van der Waals surface area contributed by atoms with Crippen molar-refractivity contribution < 1.29 is 4.74 Å². The molecule has 0 spiro atoms. The van der Waals surface area contributed by atoms with E-state index in [1.165, 1.54) is 22.3 Å². The largest absolute Gasteiger partial charge is 0.489 e. The molecule has 25 heavy (non-hydrogen) atoms. The third-order valence-electron chi connectivity index (χ3n) is 4.34. The summed E-state index contributed by atoms with van der Waals surface area (Å²) in [6, 6.07) is 27.5. The highest BCUT2D eigenvalue weighted by Gasteiger charge is 2.05. The number of nitrogens with one attached hydrogen (secondary N) is 1. The Morgan fingerprint density at radius 3 is 2.32 bits per heavy atom. The molecule has 0 fully saturated rings. The minimum atomic E-state index is 0.314. The Morgan fingerprint density at radius 2 is 1.56 bits per heavy atom. The van der Waals surface area contributed by atoms with Crippen LogP contribution >= 0.6 is 0 Å². The molecular formula is C23H25NO. The first kappa shape index (κ1) is 17.2. The summed E-state index contributed by atoms with van der Waals surface area (Å²) in [7, 11) is 0. The highest BCUT2D eigenvalue weighted by Crippen LogP contribution is 2.17. The van der Waals surface area contributed by atoms with Crippen LogP contribution in [-0.4, -0.2) is 0 Å². The van der Waals surface area contributed by atoms with Crippen LogP contribution in [0.3, 0.4) is 0 Å². The van der Waals surface area contributed by atoms with Crippen molar-refractivity contribution >= 4 is 0 Å². The first-order valence-electron chi connectivity index (χ1n) is 8.76. The summed E-state index contributed by atoms with van der Waals surface area (Å²) < 4.78 is 5.91. The summed E-state index contributed by atoms with van der Waals surface area (Å²) in [5, 5.41) is 3.58. The van der Waals surface area contributed by atoms with Crippen molar-refractivity contribution in [1.82, 2.24) is 5.32 Å². The maximum Gasteiger partial charge on any atom is 0.120 e. The highest BCUT2D eigenvalue weighted by atomic mass is 16.5. The van der Waals surface area contributed by atoms with Gasteiger partial charge >= 0.3 is 0 Å². The summed E-state index contributed by atoms with van der Waals surface area (Å²) in [5.41, 5.74) is 5.00. The molecule has 0 aromatic heterocycles. The monoisotopic (exact) mass is 331 g/mol. The van der Waals surface area contributed by atoms with E-state index < -0.39 is 0 Å². The van der Waals surface area contributed by atoms with Crippen molar-refractivity contribution in [2.45, 2.75) is 33.0 Å². The lowest BCUT2D eigenvalue weighted by molar-refractivity contribution is 0.306. The maximum absolute atomic E-state index is 5.91. The normalized spacial score (nSPS) is 11.9. The van der Waals surface area contributed by atoms with Gasteiger partial charge in [0.15, 0.2) is 0 Å². The van der Waals surface area contributed by atoms with Gasteiger partial charge in [-0.15, -0.1) is 0 Å². The fraction of sp³-hybridized carbons (Fsp3) is 0.217. The van der Waals surface area contributed by atoms with Gasteiger partial charge in [-0.2, -0.15) is 0 Å². The van der Waals surface area contributed by atoms with Crippen molar-refractivity contribution in [1.29, 1.82) is 0 Å². The number of rotatable bonds is 7. The molecule has 0 amide bonds. The number of hydrogen-bond donors (Lipinski definition) is 1. The van der Waals surface area contributed by atoms with Crippen LogP contribution in [0.5, 0.6) is 5.75 Å². The van der Waals surface area contributed by atoms with Crippen LogP contribution in [0.2, 0.25) is 0 Å². The summed E-state index contributed by atoms with van der Waals surface area (Å²) in [6.07, 6.45) is 0. The molecule has 0 heterocycles. The number of aryl methyl sites for hydroxylation is 1. The van der Waals surface area contributed by atoms with Gasteiger partial charge in [0.05, 0.1) is 0 Å². The Balaban J connectivity index is 1.55. The molecule has 0 bridgehead atoms. The number of ether oxygens (including phenoxy) is 1. The zero-order valence-corrected chi connectivity index (χ0v) is 14.9. The van der Waals surface area contributed by atoms with Crippen molar-refractivity contribution in [2.24, 2.45) is 0 Å². The predicted molar refractivity (Wildman–Crippen MR) is 104 cm³/mol. The van der Waals surface area contributed by atoms with Crippen LogP contribution < -0.4 is 10.1 Å². The van der Waals surface area contributed by atoms with Crippen LogP contribution in [0.25, 0.3) is 0 Å². The van der Waals surface area contributed by atoms with Crippen LogP contribution in [0.4, 0.5) is 0 Å². The Morgan fingerprint density at radius 1 is 0.840 bits per heavy atom. The van der Waals surface area contributed by atoms with Gasteiger partial charge in [0.2, 0.25) is 0 Å². The third kappa shape index (κ3) is 5.20. The van der Waals surface area contributed by atoms with Crippen molar-refractivity contribution in [2.75, 3.05) is 0 Å². The van der Waals surface area contributed by atoms with Crippen LogP contribution in [0.1, 0.15) is 35.2 Å². The molecular weight excluding hydrogens is 306 g/mol. The standard InChI is InChI=1S/C23H25NO/c1-18-11-13-22(14-12-18)19(2)24-16-21-9-6-10-23(15-21)25-17-20-7-4-3-5-8-20/h3-15,19,24H,16-17H2,1-2H3. The molecule has 1 unspecified atom stereocenters. The van der Waals surface area contributed by atoms with E-state index in [2.05, 4.69) is 67.7 Å². The fourth-order valence-corrected chi connectivity index (χ4v) is 2.73. The van der Waals surface area contributed by atoms with Crippen molar-refractivity contribution in [3.63, 3.8) is 0 Å². The molecule has 2 nitrogen and oxygen atoms in total. The van der Waals surface area contributed by atoms with Gasteiger partial charge in [-0.25, -0.2) is 0 Å². The minimum Gasteiger partial charge on any atom is -0.489 e. The van der Waals surface area contributed by atoms with Gasteiger partial charge in [-0.05, 0) is 42.7 Å². The topological polar surface area (TPSA) is 21.3 Å².